The number of hydrogen-bond acceptors (Lipinski definition) is 2. The highest BCUT2D eigenvalue weighted by molar-refractivity contribution is 5.22. The number of ether oxygens (including phenoxy) is 2. The second-order valence-electron chi connectivity index (χ2n) is 4.12. The lowest BCUT2D eigenvalue weighted by Crippen LogP contribution is -2.23. The van der Waals surface area contributed by atoms with Gasteiger partial charge in [0.2, 0.25) is 0 Å². The number of methoxy groups -OCH3 is 2. The van der Waals surface area contributed by atoms with Gasteiger partial charge >= 0.3 is 0 Å². The van der Waals surface area contributed by atoms with E-state index in [0.29, 0.717) is 12.2 Å². The second kappa shape index (κ2) is 1.80. The van der Waals surface area contributed by atoms with E-state index in [2.05, 4.69) is 0 Å². The van der Waals surface area contributed by atoms with Crippen molar-refractivity contribution in [2.75, 3.05) is 14.2 Å². The van der Waals surface area contributed by atoms with Crippen molar-refractivity contribution in [1.82, 2.24) is 0 Å². The molecule has 0 aromatic carbocycles. The summed E-state index contributed by atoms with van der Waals surface area (Å²) in [7, 11) is 3.68. The van der Waals surface area contributed by atoms with Crippen molar-refractivity contribution < 1.29 is 9.47 Å². The highest BCUT2D eigenvalue weighted by atomic mass is 16.5. The summed E-state index contributed by atoms with van der Waals surface area (Å²) in [5, 5.41) is 0. The van der Waals surface area contributed by atoms with Gasteiger partial charge in [0.25, 0.3) is 0 Å². The molecule has 0 N–H and O–H groups in total. The molecular weight excluding hydrogens is 140 g/mol. The molecule has 2 nitrogen and oxygen atoms in total. The van der Waals surface area contributed by atoms with Gasteiger partial charge in [0.05, 0.1) is 12.2 Å². The van der Waals surface area contributed by atoms with E-state index < -0.39 is 0 Å². The van der Waals surface area contributed by atoms with Crippen LogP contribution in [-0.4, -0.2) is 26.4 Å². The molecule has 0 heterocycles. The highest BCUT2D eigenvalue weighted by Crippen LogP contribution is 2.71. The summed E-state index contributed by atoms with van der Waals surface area (Å²) < 4.78 is 10.9. The van der Waals surface area contributed by atoms with Gasteiger partial charge in [0.1, 0.15) is 0 Å². The molecule has 2 unspecified atom stereocenters. The van der Waals surface area contributed by atoms with E-state index in [9.17, 15) is 0 Å². The Bertz CT molecular complexity index is 174. The van der Waals surface area contributed by atoms with E-state index >= 15 is 0 Å². The Balaban J connectivity index is 1.88. The molecule has 0 saturated heterocycles. The van der Waals surface area contributed by atoms with E-state index in [1.165, 1.54) is 6.42 Å². The predicted octanol–water partition coefficient (Wildman–Crippen LogP) is 0.912. The summed E-state index contributed by atoms with van der Waals surface area (Å²) in [4.78, 5) is 0. The molecular formula is C9H14O2. The summed E-state index contributed by atoms with van der Waals surface area (Å²) >= 11 is 0. The summed E-state index contributed by atoms with van der Waals surface area (Å²) in [5.41, 5.74) is 0. The second-order valence-corrected chi connectivity index (χ2v) is 4.12. The first-order chi connectivity index (χ1) is 5.38. The van der Waals surface area contributed by atoms with Crippen molar-refractivity contribution in [3.05, 3.63) is 0 Å². The van der Waals surface area contributed by atoms with Crippen LogP contribution >= 0.6 is 0 Å². The van der Waals surface area contributed by atoms with Crippen LogP contribution in [-0.2, 0) is 9.47 Å². The van der Waals surface area contributed by atoms with E-state index in [1.807, 2.05) is 14.2 Å². The molecule has 4 aliphatic carbocycles. The average Bonchev–Trinajstić information content (AvgIpc) is 2.49. The molecule has 0 radical (unpaired) electrons. The van der Waals surface area contributed by atoms with E-state index in [4.69, 9.17) is 9.47 Å². The minimum atomic E-state index is 0.537. The first-order valence-corrected chi connectivity index (χ1v) is 4.44. The Labute approximate surface area is 66.9 Å². The average molecular weight is 154 g/mol. The van der Waals surface area contributed by atoms with Crippen LogP contribution in [0.15, 0.2) is 0 Å². The van der Waals surface area contributed by atoms with Crippen LogP contribution in [0.2, 0.25) is 0 Å². The van der Waals surface area contributed by atoms with Gasteiger partial charge in [0, 0.05) is 20.1 Å². The molecule has 0 aromatic heterocycles. The summed E-state index contributed by atoms with van der Waals surface area (Å²) in [6.07, 6.45) is 2.44. The lowest BCUT2D eigenvalue weighted by Gasteiger charge is -2.17. The normalized spacial score (nSPS) is 63.8. The third-order valence-electron chi connectivity index (χ3n) is 3.98. The van der Waals surface area contributed by atoms with Gasteiger partial charge in [0.15, 0.2) is 0 Å². The molecule has 0 aliphatic heterocycles. The molecule has 62 valence electrons. The zero-order chi connectivity index (χ0) is 7.59. The number of rotatable bonds is 2. The smallest absolute Gasteiger partial charge is 0.0659 e. The minimum Gasteiger partial charge on any atom is -0.381 e. The molecule has 4 aliphatic rings. The van der Waals surface area contributed by atoms with Crippen molar-refractivity contribution in [1.29, 1.82) is 0 Å². The fraction of sp³-hybridized carbons (Fsp3) is 1.00. The molecule has 2 heteroatoms. The SMILES string of the molecule is CO[C@@H]1C2C3CC1[C@H](OC)C32. The van der Waals surface area contributed by atoms with Crippen LogP contribution in [0.25, 0.3) is 0 Å². The first-order valence-electron chi connectivity index (χ1n) is 4.44. The van der Waals surface area contributed by atoms with Crippen LogP contribution in [0.3, 0.4) is 0 Å². The molecule has 4 saturated carbocycles. The van der Waals surface area contributed by atoms with Crippen LogP contribution in [0.5, 0.6) is 0 Å². The van der Waals surface area contributed by atoms with Gasteiger partial charge in [-0.1, -0.05) is 0 Å². The van der Waals surface area contributed by atoms with Gasteiger partial charge in [-0.3, -0.25) is 0 Å². The molecule has 11 heavy (non-hydrogen) atoms. The fourth-order valence-electron chi connectivity index (χ4n) is 3.67. The van der Waals surface area contributed by atoms with Gasteiger partial charge in [-0.05, 0) is 24.2 Å². The molecule has 4 atom stereocenters. The van der Waals surface area contributed by atoms with Crippen molar-refractivity contribution >= 4 is 0 Å². The third-order valence-corrected chi connectivity index (χ3v) is 3.98. The molecule has 0 amide bonds. The van der Waals surface area contributed by atoms with Gasteiger partial charge in [-0.15, -0.1) is 0 Å². The van der Waals surface area contributed by atoms with Crippen LogP contribution < -0.4 is 0 Å². The first kappa shape index (κ1) is 6.44. The molecule has 4 rings (SSSR count). The van der Waals surface area contributed by atoms with Crippen molar-refractivity contribution in [3.8, 4) is 0 Å². The monoisotopic (exact) mass is 154 g/mol. The summed E-state index contributed by atoms with van der Waals surface area (Å²) in [5.74, 6) is 3.43. The summed E-state index contributed by atoms with van der Waals surface area (Å²) in [6.45, 7) is 0. The fourth-order valence-corrected chi connectivity index (χ4v) is 3.67. The predicted molar refractivity (Wildman–Crippen MR) is 40.2 cm³/mol. The van der Waals surface area contributed by atoms with Crippen molar-refractivity contribution in [2.45, 2.75) is 18.6 Å². The maximum absolute atomic E-state index is 5.47. The molecule has 4 fully saturated rings. The zero-order valence-electron chi connectivity index (χ0n) is 6.99. The molecule has 0 aromatic rings. The van der Waals surface area contributed by atoms with Gasteiger partial charge in [-0.25, -0.2) is 0 Å². The van der Waals surface area contributed by atoms with E-state index in [1.54, 1.807) is 0 Å². The Kier molecular flexibility index (Phi) is 1.06. The maximum Gasteiger partial charge on any atom is 0.0659 e. The minimum absolute atomic E-state index is 0.537. The zero-order valence-corrected chi connectivity index (χ0v) is 6.99. The standard InChI is InChI=1S/C9H14O2/c1-10-8-5-3-4-6(8)7(4)9(5)11-2/h4-9H,3H2,1-2H3/t4?,5?,6?,7?,8-,9-/m0/s1. The van der Waals surface area contributed by atoms with E-state index in [0.717, 1.165) is 23.7 Å². The largest absolute Gasteiger partial charge is 0.381 e. The van der Waals surface area contributed by atoms with Gasteiger partial charge in [-0.2, -0.15) is 0 Å². The third kappa shape index (κ3) is 0.541. The Morgan fingerprint density at radius 3 is 1.73 bits per heavy atom. The number of hydrogen-bond donors (Lipinski definition) is 0. The summed E-state index contributed by atoms with van der Waals surface area (Å²) in [6, 6.07) is 0. The maximum atomic E-state index is 5.47. The Hall–Kier alpha value is -0.0800. The lowest BCUT2D eigenvalue weighted by atomic mass is 10.1. The van der Waals surface area contributed by atoms with Crippen LogP contribution in [0.4, 0.5) is 0 Å². The lowest BCUT2D eigenvalue weighted by molar-refractivity contribution is 0.0159. The van der Waals surface area contributed by atoms with Crippen molar-refractivity contribution in [3.63, 3.8) is 0 Å². The Morgan fingerprint density at radius 1 is 0.909 bits per heavy atom. The quantitative estimate of drug-likeness (QED) is 0.588. The Morgan fingerprint density at radius 2 is 1.45 bits per heavy atom. The van der Waals surface area contributed by atoms with Gasteiger partial charge < -0.3 is 9.47 Å². The van der Waals surface area contributed by atoms with Crippen molar-refractivity contribution in [2.24, 2.45) is 23.7 Å². The molecule has 4 bridgehead atoms. The molecule has 0 spiro atoms. The van der Waals surface area contributed by atoms with Crippen LogP contribution in [0.1, 0.15) is 6.42 Å². The van der Waals surface area contributed by atoms with Crippen LogP contribution in [0, 0.1) is 23.7 Å². The highest BCUT2D eigenvalue weighted by Gasteiger charge is 2.74. The van der Waals surface area contributed by atoms with E-state index in [-0.39, 0.29) is 0 Å². The topological polar surface area (TPSA) is 18.5 Å².